The van der Waals surface area contributed by atoms with Gasteiger partial charge in [0.1, 0.15) is 0 Å². The summed E-state index contributed by atoms with van der Waals surface area (Å²) < 4.78 is 0. The minimum Gasteiger partial charge on any atom is -0.346 e. The van der Waals surface area contributed by atoms with E-state index in [0.717, 1.165) is 24.6 Å². The monoisotopic (exact) mass is 335 g/mol. The molecular weight excluding hydrogens is 325 g/mol. The second kappa shape index (κ2) is 5.17. The van der Waals surface area contributed by atoms with Gasteiger partial charge in [-0.25, -0.2) is 0 Å². The summed E-state index contributed by atoms with van der Waals surface area (Å²) in [5.74, 6) is -0.0947. The predicted octanol–water partition coefficient (Wildman–Crippen LogP) is 4.04. The molecule has 1 saturated carbocycles. The summed E-state index contributed by atoms with van der Waals surface area (Å²) in [4.78, 5) is 12.0. The van der Waals surface area contributed by atoms with Crippen molar-refractivity contribution in [3.05, 3.63) is 33.8 Å². The van der Waals surface area contributed by atoms with E-state index in [1.807, 2.05) is 0 Å². The molecule has 0 radical (unpaired) electrons. The number of hydrogen-bond donors (Lipinski definition) is 1. The SMILES string of the molecule is O=C(NC1(CBr)CCC1)c1ccc(Cl)c(Cl)c1. The first-order valence-electron chi connectivity index (χ1n) is 5.40. The van der Waals surface area contributed by atoms with Gasteiger partial charge in [0.15, 0.2) is 0 Å². The van der Waals surface area contributed by atoms with Gasteiger partial charge in [0, 0.05) is 10.9 Å². The Bertz CT molecular complexity index is 441. The Morgan fingerprint density at radius 3 is 2.53 bits per heavy atom. The Morgan fingerprint density at radius 1 is 1.35 bits per heavy atom. The number of nitrogens with one attached hydrogen (secondary N) is 1. The lowest BCUT2D eigenvalue weighted by Crippen LogP contribution is -2.54. The van der Waals surface area contributed by atoms with Gasteiger partial charge in [0.25, 0.3) is 5.91 Å². The second-order valence-corrected chi connectivity index (χ2v) is 5.73. The van der Waals surface area contributed by atoms with Gasteiger partial charge >= 0.3 is 0 Å². The second-order valence-electron chi connectivity index (χ2n) is 4.35. The van der Waals surface area contributed by atoms with Crippen LogP contribution in [-0.2, 0) is 0 Å². The minimum atomic E-state index is -0.0947. The van der Waals surface area contributed by atoms with Crippen molar-refractivity contribution in [2.75, 3.05) is 5.33 Å². The zero-order valence-electron chi connectivity index (χ0n) is 9.10. The Labute approximate surface area is 119 Å². The molecule has 0 atom stereocenters. The number of alkyl halides is 1. The Morgan fingerprint density at radius 2 is 2.06 bits per heavy atom. The zero-order valence-corrected chi connectivity index (χ0v) is 12.2. The molecule has 1 amide bonds. The summed E-state index contributed by atoms with van der Waals surface area (Å²) in [5, 5.41) is 4.70. The van der Waals surface area contributed by atoms with Crippen LogP contribution in [0.15, 0.2) is 18.2 Å². The molecule has 0 unspecified atom stereocenters. The lowest BCUT2D eigenvalue weighted by molar-refractivity contribution is 0.0856. The third-order valence-corrected chi connectivity index (χ3v) is 4.94. The van der Waals surface area contributed by atoms with E-state index in [0.29, 0.717) is 15.6 Å². The summed E-state index contributed by atoms with van der Waals surface area (Å²) in [7, 11) is 0. The molecule has 1 aliphatic rings. The fourth-order valence-electron chi connectivity index (χ4n) is 1.85. The van der Waals surface area contributed by atoms with Crippen LogP contribution in [-0.4, -0.2) is 16.8 Å². The van der Waals surface area contributed by atoms with Gasteiger partial charge in [-0.1, -0.05) is 39.1 Å². The molecule has 17 heavy (non-hydrogen) atoms. The first-order chi connectivity index (χ1) is 8.06. The lowest BCUT2D eigenvalue weighted by Gasteiger charge is -2.41. The molecular formula is C12H12BrCl2NO. The summed E-state index contributed by atoms with van der Waals surface area (Å²) in [6, 6.07) is 4.92. The van der Waals surface area contributed by atoms with Crippen molar-refractivity contribution in [1.82, 2.24) is 5.32 Å². The van der Waals surface area contributed by atoms with Crippen LogP contribution in [0, 0.1) is 0 Å². The normalized spacial score (nSPS) is 17.4. The number of carbonyl (C=O) groups is 1. The van der Waals surface area contributed by atoms with Crippen LogP contribution < -0.4 is 5.32 Å². The van der Waals surface area contributed by atoms with Crippen molar-refractivity contribution in [1.29, 1.82) is 0 Å². The molecule has 92 valence electrons. The third kappa shape index (κ3) is 2.78. The van der Waals surface area contributed by atoms with Gasteiger partial charge in [-0.05, 0) is 37.5 Å². The Kier molecular flexibility index (Phi) is 4.01. The molecule has 1 N–H and O–H groups in total. The number of amides is 1. The molecule has 0 spiro atoms. The molecule has 1 aliphatic carbocycles. The smallest absolute Gasteiger partial charge is 0.251 e. The highest BCUT2D eigenvalue weighted by Gasteiger charge is 2.37. The summed E-state index contributed by atoms with van der Waals surface area (Å²) >= 11 is 15.2. The van der Waals surface area contributed by atoms with E-state index in [-0.39, 0.29) is 11.4 Å². The fourth-order valence-corrected chi connectivity index (χ4v) is 2.84. The van der Waals surface area contributed by atoms with Gasteiger partial charge in [0.2, 0.25) is 0 Å². The van der Waals surface area contributed by atoms with Crippen LogP contribution in [0.3, 0.4) is 0 Å². The van der Waals surface area contributed by atoms with Crippen molar-refractivity contribution < 1.29 is 4.79 Å². The predicted molar refractivity (Wildman–Crippen MR) is 74.3 cm³/mol. The molecule has 0 aromatic heterocycles. The molecule has 1 aromatic rings. The number of hydrogen-bond acceptors (Lipinski definition) is 1. The van der Waals surface area contributed by atoms with E-state index < -0.39 is 0 Å². The van der Waals surface area contributed by atoms with E-state index in [1.54, 1.807) is 18.2 Å². The number of halogens is 3. The average molecular weight is 337 g/mol. The van der Waals surface area contributed by atoms with Crippen LogP contribution in [0.5, 0.6) is 0 Å². The highest BCUT2D eigenvalue weighted by Crippen LogP contribution is 2.34. The highest BCUT2D eigenvalue weighted by molar-refractivity contribution is 9.09. The molecule has 0 saturated heterocycles. The van der Waals surface area contributed by atoms with Gasteiger partial charge in [-0.3, -0.25) is 4.79 Å². The fraction of sp³-hybridized carbons (Fsp3) is 0.417. The van der Waals surface area contributed by atoms with E-state index in [4.69, 9.17) is 23.2 Å². The molecule has 2 rings (SSSR count). The maximum Gasteiger partial charge on any atom is 0.251 e. The molecule has 1 aromatic carbocycles. The van der Waals surface area contributed by atoms with Crippen LogP contribution in [0.4, 0.5) is 0 Å². The Balaban J connectivity index is 2.11. The number of benzene rings is 1. The molecule has 0 bridgehead atoms. The third-order valence-electron chi connectivity index (χ3n) is 3.13. The molecule has 5 heteroatoms. The van der Waals surface area contributed by atoms with E-state index in [2.05, 4.69) is 21.2 Å². The van der Waals surface area contributed by atoms with E-state index in [1.165, 1.54) is 0 Å². The van der Waals surface area contributed by atoms with Crippen molar-refractivity contribution in [2.45, 2.75) is 24.8 Å². The summed E-state index contributed by atoms with van der Waals surface area (Å²) in [5.41, 5.74) is 0.468. The summed E-state index contributed by atoms with van der Waals surface area (Å²) in [6.07, 6.45) is 3.20. The van der Waals surface area contributed by atoms with Crippen molar-refractivity contribution in [3.8, 4) is 0 Å². The van der Waals surface area contributed by atoms with Gasteiger partial charge in [-0.2, -0.15) is 0 Å². The average Bonchev–Trinajstić information content (AvgIpc) is 2.27. The van der Waals surface area contributed by atoms with Crippen molar-refractivity contribution >= 4 is 45.0 Å². The molecule has 0 heterocycles. The molecule has 1 fully saturated rings. The van der Waals surface area contributed by atoms with Crippen LogP contribution in [0.2, 0.25) is 10.0 Å². The maximum atomic E-state index is 12.0. The van der Waals surface area contributed by atoms with Gasteiger partial charge < -0.3 is 5.32 Å². The van der Waals surface area contributed by atoms with E-state index in [9.17, 15) is 4.79 Å². The van der Waals surface area contributed by atoms with Gasteiger partial charge in [-0.15, -0.1) is 0 Å². The zero-order chi connectivity index (χ0) is 12.5. The van der Waals surface area contributed by atoms with Crippen molar-refractivity contribution in [2.24, 2.45) is 0 Å². The van der Waals surface area contributed by atoms with E-state index >= 15 is 0 Å². The minimum absolute atomic E-state index is 0.0802. The topological polar surface area (TPSA) is 29.1 Å². The van der Waals surface area contributed by atoms with Crippen LogP contribution in [0.25, 0.3) is 0 Å². The molecule has 0 aliphatic heterocycles. The van der Waals surface area contributed by atoms with Gasteiger partial charge in [0.05, 0.1) is 15.6 Å². The lowest BCUT2D eigenvalue weighted by atomic mass is 9.78. The van der Waals surface area contributed by atoms with Crippen molar-refractivity contribution in [3.63, 3.8) is 0 Å². The quantitative estimate of drug-likeness (QED) is 0.829. The standard InChI is InChI=1S/C12H12BrCl2NO/c13-7-12(4-1-5-12)16-11(17)8-2-3-9(14)10(15)6-8/h2-3,6H,1,4-5,7H2,(H,16,17). The highest BCUT2D eigenvalue weighted by atomic mass is 79.9. The first-order valence-corrected chi connectivity index (χ1v) is 7.28. The maximum absolute atomic E-state index is 12.0. The molecule has 2 nitrogen and oxygen atoms in total. The van der Waals surface area contributed by atoms with Crippen LogP contribution >= 0.6 is 39.1 Å². The Hall–Kier alpha value is -0.250. The number of rotatable bonds is 3. The number of carbonyl (C=O) groups excluding carboxylic acids is 1. The van der Waals surface area contributed by atoms with Crippen LogP contribution in [0.1, 0.15) is 29.6 Å². The largest absolute Gasteiger partial charge is 0.346 e. The first kappa shape index (κ1) is 13.2. The summed E-state index contributed by atoms with van der Waals surface area (Å²) in [6.45, 7) is 0.